The summed E-state index contributed by atoms with van der Waals surface area (Å²) in [6, 6.07) is 18.0. The monoisotopic (exact) mass is 413 g/mol. The van der Waals surface area contributed by atoms with E-state index < -0.39 is 0 Å². The Bertz CT molecular complexity index is 740. The van der Waals surface area contributed by atoms with Gasteiger partial charge < -0.3 is 5.32 Å². The lowest BCUT2D eigenvalue weighted by Gasteiger charge is -2.33. The Hall–Kier alpha value is -1.95. The molecule has 0 spiro atoms. The van der Waals surface area contributed by atoms with E-state index in [0.717, 1.165) is 42.9 Å². The molecule has 3 rings (SSSR count). The number of piperazine rings is 1. The van der Waals surface area contributed by atoms with Crippen molar-refractivity contribution in [3.63, 3.8) is 0 Å². The minimum Gasteiger partial charge on any atom is -0.324 e. The number of carbonyl (C=O) groups excluding carboxylic acids is 1. The van der Waals surface area contributed by atoms with Crippen LogP contribution in [0, 0.1) is 0 Å². The van der Waals surface area contributed by atoms with Crippen molar-refractivity contribution in [3.05, 3.63) is 70.7 Å². The first kappa shape index (κ1) is 18.8. The van der Waals surface area contributed by atoms with Gasteiger partial charge in [0.1, 0.15) is 0 Å². The van der Waals surface area contributed by atoms with Crippen LogP contribution in [0.15, 0.2) is 65.1 Å². The second kappa shape index (κ2) is 9.67. The molecule has 0 unspecified atom stereocenters. The number of nitrogens with one attached hydrogen (secondary N) is 1. The van der Waals surface area contributed by atoms with E-state index in [0.29, 0.717) is 6.54 Å². The zero-order chi connectivity index (χ0) is 18.2. The Balaban J connectivity index is 1.39. The average Bonchev–Trinajstić information content (AvgIpc) is 2.66. The van der Waals surface area contributed by atoms with E-state index in [-0.39, 0.29) is 5.91 Å². The summed E-state index contributed by atoms with van der Waals surface area (Å²) in [5, 5.41) is 2.97. The van der Waals surface area contributed by atoms with Crippen LogP contribution in [-0.4, -0.2) is 55.0 Å². The molecule has 0 bridgehead atoms. The molecular weight excluding hydrogens is 390 g/mol. The summed E-state index contributed by atoms with van der Waals surface area (Å²) in [5.41, 5.74) is 2.05. The van der Waals surface area contributed by atoms with Gasteiger partial charge >= 0.3 is 0 Å². The number of hydrogen-bond donors (Lipinski definition) is 1. The molecule has 1 heterocycles. The van der Waals surface area contributed by atoms with Gasteiger partial charge in [-0.05, 0) is 33.6 Å². The number of benzene rings is 2. The van der Waals surface area contributed by atoms with Crippen LogP contribution in [0.3, 0.4) is 0 Å². The zero-order valence-corrected chi connectivity index (χ0v) is 16.4. The Morgan fingerprint density at radius 3 is 2.35 bits per heavy atom. The predicted octanol–water partition coefficient (Wildman–Crippen LogP) is 3.72. The Kier molecular flexibility index (Phi) is 7.00. The number of amides is 1. The van der Waals surface area contributed by atoms with Crippen LogP contribution in [0.1, 0.15) is 5.56 Å². The second-order valence-electron chi connectivity index (χ2n) is 6.42. The summed E-state index contributed by atoms with van der Waals surface area (Å²) in [6.07, 6.45) is 4.38. The number of para-hydroxylation sites is 1. The van der Waals surface area contributed by atoms with E-state index in [1.54, 1.807) is 0 Å². The first-order valence-electron chi connectivity index (χ1n) is 8.91. The molecule has 1 fully saturated rings. The molecular formula is C21H24BrN3O. The predicted molar refractivity (Wildman–Crippen MR) is 111 cm³/mol. The van der Waals surface area contributed by atoms with Gasteiger partial charge in [0.25, 0.3) is 0 Å². The van der Waals surface area contributed by atoms with E-state index in [1.807, 2.05) is 30.3 Å². The van der Waals surface area contributed by atoms with Gasteiger partial charge in [-0.25, -0.2) is 0 Å². The minimum atomic E-state index is 0.0364. The standard InChI is InChI=1S/C21H24BrN3O/c22-19-10-4-5-11-20(19)23-21(26)17-25-15-13-24(14-16-25)12-6-9-18-7-2-1-3-8-18/h1-11H,12-17H2,(H,23,26)/b9-6+. The third kappa shape index (κ3) is 5.80. The average molecular weight is 414 g/mol. The molecule has 0 aromatic heterocycles. The van der Waals surface area contributed by atoms with Crippen LogP contribution in [0.5, 0.6) is 0 Å². The van der Waals surface area contributed by atoms with E-state index >= 15 is 0 Å². The molecule has 2 aromatic carbocycles. The summed E-state index contributed by atoms with van der Waals surface area (Å²) in [7, 11) is 0. The Morgan fingerprint density at radius 2 is 1.62 bits per heavy atom. The van der Waals surface area contributed by atoms with E-state index in [2.05, 4.69) is 67.5 Å². The van der Waals surface area contributed by atoms with E-state index in [1.165, 1.54) is 5.56 Å². The molecule has 1 amide bonds. The van der Waals surface area contributed by atoms with Crippen LogP contribution >= 0.6 is 15.9 Å². The molecule has 0 atom stereocenters. The van der Waals surface area contributed by atoms with Crippen LogP contribution in [0.25, 0.3) is 6.08 Å². The lowest BCUT2D eigenvalue weighted by atomic mass is 10.2. The second-order valence-corrected chi connectivity index (χ2v) is 7.27. The smallest absolute Gasteiger partial charge is 0.238 e. The van der Waals surface area contributed by atoms with Crippen molar-refractivity contribution in [1.82, 2.24) is 9.80 Å². The topological polar surface area (TPSA) is 35.6 Å². The van der Waals surface area contributed by atoms with Crippen molar-refractivity contribution >= 4 is 33.6 Å². The quantitative estimate of drug-likeness (QED) is 0.783. The number of anilines is 1. The van der Waals surface area contributed by atoms with Crippen LogP contribution in [0.2, 0.25) is 0 Å². The third-order valence-electron chi connectivity index (χ3n) is 4.45. The highest BCUT2D eigenvalue weighted by atomic mass is 79.9. The van der Waals surface area contributed by atoms with Gasteiger partial charge in [0.15, 0.2) is 0 Å². The molecule has 4 nitrogen and oxygen atoms in total. The van der Waals surface area contributed by atoms with Crippen LogP contribution in [-0.2, 0) is 4.79 Å². The summed E-state index contributed by atoms with van der Waals surface area (Å²) in [5.74, 6) is 0.0364. The molecule has 0 radical (unpaired) electrons. The Labute approximate surface area is 163 Å². The molecule has 26 heavy (non-hydrogen) atoms. The summed E-state index contributed by atoms with van der Waals surface area (Å²) < 4.78 is 0.906. The Morgan fingerprint density at radius 1 is 0.962 bits per heavy atom. The fraction of sp³-hybridized carbons (Fsp3) is 0.286. The first-order valence-corrected chi connectivity index (χ1v) is 9.71. The minimum absolute atomic E-state index is 0.0364. The van der Waals surface area contributed by atoms with Crippen molar-refractivity contribution in [1.29, 1.82) is 0 Å². The molecule has 0 aliphatic carbocycles. The lowest BCUT2D eigenvalue weighted by Crippen LogP contribution is -2.48. The molecule has 136 valence electrons. The van der Waals surface area contributed by atoms with Crippen LogP contribution < -0.4 is 5.32 Å². The summed E-state index contributed by atoms with van der Waals surface area (Å²) >= 11 is 3.46. The van der Waals surface area contributed by atoms with E-state index in [4.69, 9.17) is 0 Å². The SMILES string of the molecule is O=C(CN1CCN(C/C=C/c2ccccc2)CC1)Nc1ccccc1Br. The van der Waals surface area contributed by atoms with Crippen molar-refractivity contribution in [2.24, 2.45) is 0 Å². The molecule has 1 aliphatic rings. The van der Waals surface area contributed by atoms with Crippen molar-refractivity contribution < 1.29 is 4.79 Å². The molecule has 1 aliphatic heterocycles. The maximum Gasteiger partial charge on any atom is 0.238 e. The maximum absolute atomic E-state index is 12.2. The third-order valence-corrected chi connectivity index (χ3v) is 5.15. The van der Waals surface area contributed by atoms with Gasteiger partial charge in [0.05, 0.1) is 12.2 Å². The highest BCUT2D eigenvalue weighted by Gasteiger charge is 2.18. The number of halogens is 1. The molecule has 0 saturated carbocycles. The van der Waals surface area contributed by atoms with Crippen molar-refractivity contribution in [3.8, 4) is 0 Å². The zero-order valence-electron chi connectivity index (χ0n) is 14.8. The molecule has 2 aromatic rings. The number of carbonyl (C=O) groups is 1. The molecule has 1 N–H and O–H groups in total. The first-order chi connectivity index (χ1) is 12.7. The molecule has 5 heteroatoms. The van der Waals surface area contributed by atoms with Gasteiger partial charge in [0.2, 0.25) is 5.91 Å². The van der Waals surface area contributed by atoms with Gasteiger partial charge in [-0.2, -0.15) is 0 Å². The molecule has 1 saturated heterocycles. The normalized spacial score (nSPS) is 16.0. The van der Waals surface area contributed by atoms with Crippen LogP contribution in [0.4, 0.5) is 5.69 Å². The maximum atomic E-state index is 12.2. The number of nitrogens with zero attached hydrogens (tertiary/aromatic N) is 2. The lowest BCUT2D eigenvalue weighted by molar-refractivity contribution is -0.117. The van der Waals surface area contributed by atoms with Gasteiger partial charge in [0, 0.05) is 37.2 Å². The fourth-order valence-corrected chi connectivity index (χ4v) is 3.37. The van der Waals surface area contributed by atoms with E-state index in [9.17, 15) is 4.79 Å². The summed E-state index contributed by atoms with van der Waals surface area (Å²) in [4.78, 5) is 16.9. The fourth-order valence-electron chi connectivity index (χ4n) is 2.99. The highest BCUT2D eigenvalue weighted by molar-refractivity contribution is 9.10. The summed E-state index contributed by atoms with van der Waals surface area (Å²) in [6.45, 7) is 5.20. The van der Waals surface area contributed by atoms with Gasteiger partial charge in [-0.1, -0.05) is 54.6 Å². The van der Waals surface area contributed by atoms with Crippen molar-refractivity contribution in [2.75, 3.05) is 44.6 Å². The van der Waals surface area contributed by atoms with Crippen molar-refractivity contribution in [2.45, 2.75) is 0 Å². The van der Waals surface area contributed by atoms with Gasteiger partial charge in [-0.3, -0.25) is 14.6 Å². The van der Waals surface area contributed by atoms with Gasteiger partial charge in [-0.15, -0.1) is 0 Å². The number of rotatable bonds is 6. The highest BCUT2D eigenvalue weighted by Crippen LogP contribution is 2.21. The largest absolute Gasteiger partial charge is 0.324 e. The number of hydrogen-bond acceptors (Lipinski definition) is 3.